The van der Waals surface area contributed by atoms with Gasteiger partial charge in [-0.2, -0.15) is 0 Å². The van der Waals surface area contributed by atoms with Gasteiger partial charge in [-0.1, -0.05) is 12.1 Å². The summed E-state index contributed by atoms with van der Waals surface area (Å²) in [5.41, 5.74) is 0.0989. The Labute approximate surface area is 147 Å². The van der Waals surface area contributed by atoms with Crippen molar-refractivity contribution < 1.29 is 27.6 Å². The molecule has 0 aromatic heterocycles. The van der Waals surface area contributed by atoms with E-state index in [0.29, 0.717) is 17.3 Å². The molecule has 5 nitrogen and oxygen atoms in total. The minimum atomic E-state index is -1.71. The monoisotopic (exact) mass is 364 g/mol. The molecule has 0 saturated carbocycles. The van der Waals surface area contributed by atoms with E-state index in [4.69, 9.17) is 0 Å². The summed E-state index contributed by atoms with van der Waals surface area (Å²) in [6.07, 6.45) is 0. The third-order valence-corrected chi connectivity index (χ3v) is 3.56. The van der Waals surface area contributed by atoms with Gasteiger partial charge in [0, 0.05) is 18.2 Å². The molecule has 26 heavy (non-hydrogen) atoms. The molecular weight excluding hydrogens is 349 g/mol. The van der Waals surface area contributed by atoms with E-state index in [1.807, 2.05) is 0 Å². The average molecular weight is 364 g/mol. The number of Topliss-reactive ketones (excluding diaryl/α,β-unsaturated/α-hetero) is 1. The van der Waals surface area contributed by atoms with Crippen molar-refractivity contribution in [3.8, 4) is 0 Å². The van der Waals surface area contributed by atoms with Gasteiger partial charge < -0.3 is 10.2 Å². The van der Waals surface area contributed by atoms with Crippen LogP contribution >= 0.6 is 0 Å². The number of hydrogen-bond donors (Lipinski definition) is 1. The lowest BCUT2D eigenvalue weighted by Gasteiger charge is -2.21. The van der Waals surface area contributed by atoms with Gasteiger partial charge in [0.05, 0.1) is 5.69 Å². The number of nitrogens with one attached hydrogen (secondary N) is 1. The van der Waals surface area contributed by atoms with E-state index in [2.05, 4.69) is 5.32 Å². The summed E-state index contributed by atoms with van der Waals surface area (Å²) in [7, 11) is 0. The van der Waals surface area contributed by atoms with Gasteiger partial charge in [0.25, 0.3) is 0 Å². The molecule has 0 unspecified atom stereocenters. The third kappa shape index (κ3) is 4.27. The molecule has 0 aliphatic rings. The zero-order chi connectivity index (χ0) is 19.4. The zero-order valence-electron chi connectivity index (χ0n) is 14.0. The number of anilines is 2. The minimum absolute atomic E-state index is 0.219. The number of carbonyl (C=O) groups is 3. The summed E-state index contributed by atoms with van der Waals surface area (Å²) in [6, 6.07) is 7.62. The summed E-state index contributed by atoms with van der Waals surface area (Å²) in [5, 5.41) is 2.09. The lowest BCUT2D eigenvalue weighted by molar-refractivity contribution is -0.120. The van der Waals surface area contributed by atoms with Crippen LogP contribution in [-0.4, -0.2) is 24.1 Å². The summed E-state index contributed by atoms with van der Waals surface area (Å²) in [6.45, 7) is 2.07. The maximum absolute atomic E-state index is 13.6. The number of halogens is 3. The van der Waals surface area contributed by atoms with E-state index < -0.39 is 41.5 Å². The minimum Gasteiger partial charge on any atom is -0.322 e. The fourth-order valence-corrected chi connectivity index (χ4v) is 2.23. The molecule has 0 spiro atoms. The van der Waals surface area contributed by atoms with Crippen molar-refractivity contribution >= 4 is 29.0 Å². The van der Waals surface area contributed by atoms with E-state index in [9.17, 15) is 27.6 Å². The van der Waals surface area contributed by atoms with Crippen molar-refractivity contribution in [2.24, 2.45) is 0 Å². The highest BCUT2D eigenvalue weighted by molar-refractivity contribution is 6.03. The molecule has 0 atom stereocenters. The molecule has 0 aliphatic carbocycles. The van der Waals surface area contributed by atoms with Crippen LogP contribution in [0.3, 0.4) is 0 Å². The Bertz CT molecular complexity index is 884. The Kier molecular flexibility index (Phi) is 5.76. The van der Waals surface area contributed by atoms with E-state index in [1.54, 1.807) is 12.1 Å². The van der Waals surface area contributed by atoms with Crippen LogP contribution < -0.4 is 10.2 Å². The molecule has 0 fully saturated rings. The molecule has 0 heterocycles. The van der Waals surface area contributed by atoms with Crippen LogP contribution in [0, 0.1) is 17.5 Å². The van der Waals surface area contributed by atoms with Crippen LogP contribution in [0.15, 0.2) is 36.4 Å². The second-order valence-electron chi connectivity index (χ2n) is 5.48. The second-order valence-corrected chi connectivity index (χ2v) is 5.48. The van der Waals surface area contributed by atoms with Gasteiger partial charge >= 0.3 is 0 Å². The highest BCUT2D eigenvalue weighted by Gasteiger charge is 2.19. The van der Waals surface area contributed by atoms with Gasteiger partial charge in [-0.3, -0.25) is 14.4 Å². The molecule has 2 rings (SSSR count). The van der Waals surface area contributed by atoms with E-state index in [1.165, 1.54) is 26.0 Å². The van der Waals surface area contributed by atoms with Crippen molar-refractivity contribution in [3.63, 3.8) is 0 Å². The van der Waals surface area contributed by atoms with Gasteiger partial charge in [-0.25, -0.2) is 13.2 Å². The summed E-state index contributed by atoms with van der Waals surface area (Å²) in [5.74, 6) is -6.16. The van der Waals surface area contributed by atoms with E-state index in [-0.39, 0.29) is 5.78 Å². The quantitative estimate of drug-likeness (QED) is 0.654. The SMILES string of the molecule is CC(=O)c1cccc(N(CC(=O)Nc2ccc(F)c(F)c2F)C(C)=O)c1. The van der Waals surface area contributed by atoms with Crippen LogP contribution in [0.2, 0.25) is 0 Å². The smallest absolute Gasteiger partial charge is 0.244 e. The normalized spacial score (nSPS) is 10.3. The van der Waals surface area contributed by atoms with Crippen molar-refractivity contribution in [3.05, 3.63) is 59.4 Å². The van der Waals surface area contributed by atoms with Crippen LogP contribution in [0.1, 0.15) is 24.2 Å². The van der Waals surface area contributed by atoms with Gasteiger partial charge in [0.2, 0.25) is 11.8 Å². The Hall–Kier alpha value is -3.16. The molecular formula is C18H15F3N2O3. The van der Waals surface area contributed by atoms with Gasteiger partial charge in [0.15, 0.2) is 23.2 Å². The fourth-order valence-electron chi connectivity index (χ4n) is 2.23. The summed E-state index contributed by atoms with van der Waals surface area (Å²) >= 11 is 0. The average Bonchev–Trinajstić information content (AvgIpc) is 2.60. The molecule has 136 valence electrons. The molecule has 1 N–H and O–H groups in total. The Morgan fingerprint density at radius 1 is 1.00 bits per heavy atom. The number of ketones is 1. The zero-order valence-corrected chi connectivity index (χ0v) is 14.0. The van der Waals surface area contributed by atoms with Crippen LogP contribution in [0.5, 0.6) is 0 Å². The lowest BCUT2D eigenvalue weighted by Crippen LogP contribution is -2.37. The highest BCUT2D eigenvalue weighted by atomic mass is 19.2. The van der Waals surface area contributed by atoms with Crippen molar-refractivity contribution in [2.45, 2.75) is 13.8 Å². The maximum Gasteiger partial charge on any atom is 0.244 e. The number of nitrogens with zero attached hydrogens (tertiary/aromatic N) is 1. The predicted molar refractivity (Wildman–Crippen MR) is 89.4 cm³/mol. The Morgan fingerprint density at radius 2 is 1.69 bits per heavy atom. The first kappa shape index (κ1) is 19.2. The van der Waals surface area contributed by atoms with Gasteiger partial charge in [0.1, 0.15) is 6.54 Å². The first-order valence-corrected chi connectivity index (χ1v) is 7.53. The number of carbonyl (C=O) groups excluding carboxylic acids is 3. The Morgan fingerprint density at radius 3 is 2.31 bits per heavy atom. The topological polar surface area (TPSA) is 66.5 Å². The largest absolute Gasteiger partial charge is 0.322 e. The number of rotatable bonds is 5. The number of benzene rings is 2. The Balaban J connectivity index is 2.22. The third-order valence-electron chi connectivity index (χ3n) is 3.56. The molecule has 2 aromatic carbocycles. The summed E-state index contributed by atoms with van der Waals surface area (Å²) in [4.78, 5) is 36.5. The molecule has 0 saturated heterocycles. The van der Waals surface area contributed by atoms with Crippen molar-refractivity contribution in [1.82, 2.24) is 0 Å². The highest BCUT2D eigenvalue weighted by Crippen LogP contribution is 2.21. The first-order valence-electron chi connectivity index (χ1n) is 7.53. The molecule has 0 aliphatic heterocycles. The molecule has 8 heteroatoms. The number of hydrogen-bond acceptors (Lipinski definition) is 3. The van der Waals surface area contributed by atoms with Crippen LogP contribution in [-0.2, 0) is 9.59 Å². The first-order chi connectivity index (χ1) is 12.2. The van der Waals surface area contributed by atoms with Crippen LogP contribution in [0.4, 0.5) is 24.5 Å². The van der Waals surface area contributed by atoms with Gasteiger partial charge in [-0.05, 0) is 31.2 Å². The molecule has 2 aromatic rings. The fraction of sp³-hybridized carbons (Fsp3) is 0.167. The van der Waals surface area contributed by atoms with E-state index in [0.717, 1.165) is 11.0 Å². The molecule has 0 bridgehead atoms. The van der Waals surface area contributed by atoms with E-state index >= 15 is 0 Å². The standard InChI is InChI=1S/C18H15F3N2O3/c1-10(24)12-4-3-5-13(8-12)23(11(2)25)9-16(26)22-15-7-6-14(19)17(20)18(15)21/h3-8H,9H2,1-2H3,(H,22,26). The van der Waals surface area contributed by atoms with Crippen LogP contribution in [0.25, 0.3) is 0 Å². The predicted octanol–water partition coefficient (Wildman–Crippen LogP) is 3.30. The lowest BCUT2D eigenvalue weighted by atomic mass is 10.1. The summed E-state index contributed by atoms with van der Waals surface area (Å²) < 4.78 is 39.8. The van der Waals surface area contributed by atoms with Gasteiger partial charge in [-0.15, -0.1) is 0 Å². The van der Waals surface area contributed by atoms with Crippen molar-refractivity contribution in [1.29, 1.82) is 0 Å². The van der Waals surface area contributed by atoms with Crippen molar-refractivity contribution in [2.75, 3.05) is 16.8 Å². The molecule has 0 radical (unpaired) electrons. The molecule has 2 amide bonds. The number of amides is 2. The maximum atomic E-state index is 13.6. The second kappa shape index (κ2) is 7.81.